The fourth-order valence-corrected chi connectivity index (χ4v) is 3.88. The summed E-state index contributed by atoms with van der Waals surface area (Å²) in [5.41, 5.74) is 2.48. The average Bonchev–Trinajstić information content (AvgIpc) is 3.26. The predicted octanol–water partition coefficient (Wildman–Crippen LogP) is 4.04. The highest BCUT2D eigenvalue weighted by Crippen LogP contribution is 2.31. The summed E-state index contributed by atoms with van der Waals surface area (Å²) >= 11 is 0. The number of carbonyl (C=O) groups is 1. The molecule has 1 N–H and O–H groups in total. The van der Waals surface area contributed by atoms with Crippen LogP contribution in [0.2, 0.25) is 0 Å². The lowest BCUT2D eigenvalue weighted by molar-refractivity contribution is -0.145. The van der Waals surface area contributed by atoms with E-state index in [2.05, 4.69) is 15.6 Å². The van der Waals surface area contributed by atoms with Crippen molar-refractivity contribution < 1.29 is 18.3 Å². The number of nitrogens with zero attached hydrogens (tertiary/aromatic N) is 4. The number of aromatic nitrogens is 4. The molecule has 0 bridgehead atoms. The zero-order valence-electron chi connectivity index (χ0n) is 20.4. The first kappa shape index (κ1) is 25.0. The molecule has 36 heavy (non-hydrogen) atoms. The molecule has 2 heterocycles. The highest BCUT2D eigenvalue weighted by Gasteiger charge is 2.37. The number of ether oxygens (including phenoxy) is 1. The van der Waals surface area contributed by atoms with Crippen molar-refractivity contribution in [2.75, 3.05) is 0 Å². The van der Waals surface area contributed by atoms with Crippen molar-refractivity contribution in [1.29, 1.82) is 0 Å². The lowest BCUT2D eigenvalue weighted by Gasteiger charge is -2.32. The molecule has 2 aromatic carbocycles. The van der Waals surface area contributed by atoms with Gasteiger partial charge in [0.2, 0.25) is 5.56 Å². The SMILES string of the molecule is CC(C)[C@H](NC(=O)C(C)(F)F)[C@H](Oc1ccc2c(c1)nnn2-c1ccc(=O)n(C)c1)c1ccccc1. The van der Waals surface area contributed by atoms with Crippen molar-refractivity contribution in [3.63, 3.8) is 0 Å². The maximum Gasteiger partial charge on any atom is 0.321 e. The van der Waals surface area contributed by atoms with Gasteiger partial charge in [-0.1, -0.05) is 49.4 Å². The third kappa shape index (κ3) is 5.27. The van der Waals surface area contributed by atoms with Gasteiger partial charge in [-0.3, -0.25) is 9.59 Å². The third-order valence-electron chi connectivity index (χ3n) is 5.86. The zero-order valence-corrected chi connectivity index (χ0v) is 20.4. The highest BCUT2D eigenvalue weighted by atomic mass is 19.3. The van der Waals surface area contributed by atoms with E-state index in [0.717, 1.165) is 5.56 Å². The first-order chi connectivity index (χ1) is 17.0. The van der Waals surface area contributed by atoms with Gasteiger partial charge < -0.3 is 14.6 Å². The van der Waals surface area contributed by atoms with Gasteiger partial charge in [-0.2, -0.15) is 8.78 Å². The van der Waals surface area contributed by atoms with Gasteiger partial charge in [0.15, 0.2) is 0 Å². The largest absolute Gasteiger partial charge is 0.483 e. The second-order valence-corrected chi connectivity index (χ2v) is 9.07. The van der Waals surface area contributed by atoms with Crippen molar-refractivity contribution in [3.8, 4) is 11.4 Å². The molecule has 0 saturated carbocycles. The number of amides is 1. The monoisotopic (exact) mass is 495 g/mol. The van der Waals surface area contributed by atoms with Gasteiger partial charge in [-0.05, 0) is 29.7 Å². The Hall–Kier alpha value is -4.08. The number of alkyl halides is 2. The number of nitrogens with one attached hydrogen (secondary N) is 1. The van der Waals surface area contributed by atoms with E-state index in [0.29, 0.717) is 29.4 Å². The first-order valence-corrected chi connectivity index (χ1v) is 11.5. The van der Waals surface area contributed by atoms with Crippen molar-refractivity contribution in [1.82, 2.24) is 24.9 Å². The quantitative estimate of drug-likeness (QED) is 0.399. The molecule has 0 aliphatic heterocycles. The van der Waals surface area contributed by atoms with E-state index in [9.17, 15) is 18.4 Å². The lowest BCUT2D eigenvalue weighted by atomic mass is 9.92. The molecule has 10 heteroatoms. The molecular weight excluding hydrogens is 468 g/mol. The first-order valence-electron chi connectivity index (χ1n) is 11.5. The Bertz CT molecular complexity index is 1430. The molecule has 0 radical (unpaired) electrons. The van der Waals surface area contributed by atoms with Crippen LogP contribution in [-0.4, -0.2) is 37.4 Å². The van der Waals surface area contributed by atoms with Gasteiger partial charge in [0, 0.05) is 32.3 Å². The van der Waals surface area contributed by atoms with Gasteiger partial charge in [0.1, 0.15) is 17.4 Å². The molecule has 4 aromatic rings. The molecule has 2 aromatic heterocycles. The number of pyridine rings is 1. The maximum atomic E-state index is 13.7. The van der Waals surface area contributed by atoms with E-state index in [1.165, 1.54) is 10.6 Å². The molecule has 8 nitrogen and oxygen atoms in total. The Labute approximate surface area is 206 Å². The van der Waals surface area contributed by atoms with Crippen molar-refractivity contribution in [2.45, 2.75) is 38.8 Å². The van der Waals surface area contributed by atoms with Crippen molar-refractivity contribution in [2.24, 2.45) is 13.0 Å². The average molecular weight is 496 g/mol. The molecular formula is C26H27F2N5O3. The molecule has 4 rings (SSSR count). The number of hydrogen-bond acceptors (Lipinski definition) is 5. The van der Waals surface area contributed by atoms with Gasteiger partial charge in [-0.15, -0.1) is 5.10 Å². The highest BCUT2D eigenvalue weighted by molar-refractivity contribution is 5.83. The summed E-state index contributed by atoms with van der Waals surface area (Å²) in [5.74, 6) is -4.66. The molecule has 0 aliphatic rings. The summed E-state index contributed by atoms with van der Waals surface area (Å²) in [5, 5.41) is 10.9. The van der Waals surface area contributed by atoms with Crippen LogP contribution in [0.4, 0.5) is 8.78 Å². The van der Waals surface area contributed by atoms with Crippen molar-refractivity contribution in [3.05, 3.63) is 82.8 Å². The second-order valence-electron chi connectivity index (χ2n) is 9.07. The normalized spacial score (nSPS) is 13.5. The minimum atomic E-state index is -3.52. The van der Waals surface area contributed by atoms with Crippen LogP contribution in [0.15, 0.2) is 71.7 Å². The number of rotatable bonds is 8. The van der Waals surface area contributed by atoms with Crippen LogP contribution in [0.25, 0.3) is 16.7 Å². The summed E-state index contributed by atoms with van der Waals surface area (Å²) in [6.07, 6.45) is 0.916. The molecule has 0 saturated heterocycles. The van der Waals surface area contributed by atoms with Crippen LogP contribution in [0.5, 0.6) is 5.75 Å². The number of carbonyl (C=O) groups excluding carboxylic acids is 1. The van der Waals surface area contributed by atoms with Gasteiger partial charge in [-0.25, -0.2) is 4.68 Å². The van der Waals surface area contributed by atoms with Crippen LogP contribution in [0.1, 0.15) is 32.4 Å². The maximum absolute atomic E-state index is 13.7. The van der Waals surface area contributed by atoms with E-state index in [1.807, 2.05) is 44.2 Å². The summed E-state index contributed by atoms with van der Waals surface area (Å²) < 4.78 is 36.8. The van der Waals surface area contributed by atoms with E-state index in [-0.39, 0.29) is 11.5 Å². The van der Waals surface area contributed by atoms with E-state index in [4.69, 9.17) is 4.74 Å². The Morgan fingerprint density at radius 3 is 2.44 bits per heavy atom. The van der Waals surface area contributed by atoms with Crippen LogP contribution in [0.3, 0.4) is 0 Å². The van der Waals surface area contributed by atoms with Crippen molar-refractivity contribution >= 4 is 16.9 Å². The minimum Gasteiger partial charge on any atom is -0.483 e. The van der Waals surface area contributed by atoms with Gasteiger partial charge in [0.05, 0.1) is 17.2 Å². The summed E-state index contributed by atoms with van der Waals surface area (Å²) in [4.78, 5) is 23.9. The number of fused-ring (bicyclic) bond motifs is 1. The molecule has 2 atom stereocenters. The predicted molar refractivity (Wildman–Crippen MR) is 131 cm³/mol. The summed E-state index contributed by atoms with van der Waals surface area (Å²) in [6.45, 7) is 4.24. The molecule has 188 valence electrons. The van der Waals surface area contributed by atoms with E-state index < -0.39 is 24.0 Å². The minimum absolute atomic E-state index is 0.140. The fraction of sp³-hybridized carbons (Fsp3) is 0.308. The van der Waals surface area contributed by atoms with Gasteiger partial charge >= 0.3 is 5.92 Å². The number of hydrogen-bond donors (Lipinski definition) is 1. The zero-order chi connectivity index (χ0) is 26.0. The fourth-order valence-electron chi connectivity index (χ4n) is 3.88. The number of benzene rings is 2. The molecule has 0 unspecified atom stereocenters. The summed E-state index contributed by atoms with van der Waals surface area (Å²) in [6, 6.07) is 16.7. The number of halogens is 2. The molecule has 1 amide bonds. The Balaban J connectivity index is 1.69. The molecule has 0 fully saturated rings. The van der Waals surface area contributed by atoms with E-state index in [1.54, 1.807) is 42.2 Å². The Kier molecular flexibility index (Phi) is 6.87. The van der Waals surface area contributed by atoms with Gasteiger partial charge in [0.25, 0.3) is 5.91 Å². The third-order valence-corrected chi connectivity index (χ3v) is 5.86. The molecule has 0 aliphatic carbocycles. The number of aryl methyl sites for hydroxylation is 1. The standard InChI is InChI=1S/C26H27F2N5O3/c1-16(2)23(29-25(35)26(3,27)28)24(17-8-6-5-7-9-17)36-19-11-12-21-20(14-19)30-31-33(21)18-10-13-22(34)32(4)15-18/h5-16,23-24H,1-4H3,(H,29,35)/t23-,24+/m0/s1. The van der Waals surface area contributed by atoms with Crippen LogP contribution >= 0.6 is 0 Å². The van der Waals surface area contributed by atoms with E-state index >= 15 is 0 Å². The van der Waals surface area contributed by atoms with Crippen LogP contribution in [0, 0.1) is 5.92 Å². The Morgan fingerprint density at radius 2 is 1.81 bits per heavy atom. The Morgan fingerprint density at radius 1 is 1.08 bits per heavy atom. The topological polar surface area (TPSA) is 91.0 Å². The molecule has 0 spiro atoms. The second kappa shape index (κ2) is 9.88. The van der Waals surface area contributed by atoms with Crippen LogP contribution < -0.4 is 15.6 Å². The lowest BCUT2D eigenvalue weighted by Crippen LogP contribution is -2.49. The van der Waals surface area contributed by atoms with Crippen LogP contribution in [-0.2, 0) is 11.8 Å². The smallest absolute Gasteiger partial charge is 0.321 e. The summed E-state index contributed by atoms with van der Waals surface area (Å²) in [7, 11) is 1.65.